The minimum absolute atomic E-state index is 0.611. The van der Waals surface area contributed by atoms with Crippen LogP contribution in [0.15, 0.2) is 35.1 Å². The van der Waals surface area contributed by atoms with Crippen molar-refractivity contribution < 1.29 is 4.52 Å². The summed E-state index contributed by atoms with van der Waals surface area (Å²) in [5.41, 5.74) is 9.85. The van der Waals surface area contributed by atoms with Crippen LogP contribution in [0, 0.1) is 6.92 Å². The minimum Gasteiger partial charge on any atom is -0.364 e. The molecule has 1 aromatic heterocycles. The van der Waals surface area contributed by atoms with Gasteiger partial charge in [-0.1, -0.05) is 29.4 Å². The van der Waals surface area contributed by atoms with E-state index in [-0.39, 0.29) is 0 Å². The second-order valence-corrected chi connectivity index (χ2v) is 3.54. The molecule has 3 heteroatoms. The second kappa shape index (κ2) is 4.28. The van der Waals surface area contributed by atoms with Crippen molar-refractivity contribution in [2.45, 2.75) is 13.3 Å². The van der Waals surface area contributed by atoms with E-state index in [1.807, 2.05) is 18.2 Å². The predicted octanol–water partition coefficient (Wildman–Crippen LogP) is 2.15. The maximum atomic E-state index is 5.54. The van der Waals surface area contributed by atoms with E-state index in [0.29, 0.717) is 6.54 Å². The molecular weight excluding hydrogens is 188 g/mol. The van der Waals surface area contributed by atoms with Crippen molar-refractivity contribution in [3.63, 3.8) is 0 Å². The molecule has 0 saturated heterocycles. The summed E-state index contributed by atoms with van der Waals surface area (Å²) >= 11 is 0. The minimum atomic E-state index is 0.611. The van der Waals surface area contributed by atoms with Crippen molar-refractivity contribution in [3.8, 4) is 11.3 Å². The van der Waals surface area contributed by atoms with Crippen molar-refractivity contribution in [2.75, 3.05) is 6.54 Å². The van der Waals surface area contributed by atoms with Crippen LogP contribution in [0.2, 0.25) is 0 Å². The molecule has 1 aromatic carbocycles. The van der Waals surface area contributed by atoms with Gasteiger partial charge in [0.1, 0.15) is 12.0 Å². The van der Waals surface area contributed by atoms with E-state index in [2.05, 4.69) is 18.1 Å². The Morgan fingerprint density at radius 3 is 2.87 bits per heavy atom. The first-order valence-corrected chi connectivity index (χ1v) is 5.02. The molecule has 0 aliphatic rings. The Kier molecular flexibility index (Phi) is 2.83. The summed E-state index contributed by atoms with van der Waals surface area (Å²) in [6.45, 7) is 2.68. The second-order valence-electron chi connectivity index (χ2n) is 3.54. The van der Waals surface area contributed by atoms with E-state index in [9.17, 15) is 0 Å². The first kappa shape index (κ1) is 9.93. The molecule has 0 spiro atoms. The van der Waals surface area contributed by atoms with Crippen molar-refractivity contribution in [1.82, 2.24) is 5.16 Å². The molecule has 0 radical (unpaired) electrons. The number of nitrogens with zero attached hydrogens (tertiary/aromatic N) is 1. The van der Waals surface area contributed by atoms with Crippen LogP contribution in [0.1, 0.15) is 11.1 Å². The molecule has 1 heterocycles. The molecule has 0 aliphatic heterocycles. The van der Waals surface area contributed by atoms with Gasteiger partial charge >= 0.3 is 0 Å². The highest BCUT2D eigenvalue weighted by Gasteiger charge is 2.10. The van der Waals surface area contributed by atoms with E-state index in [1.54, 1.807) is 6.26 Å². The van der Waals surface area contributed by atoms with Crippen molar-refractivity contribution in [2.24, 2.45) is 5.73 Å². The molecule has 0 atom stereocenters. The van der Waals surface area contributed by atoms with E-state index < -0.39 is 0 Å². The van der Waals surface area contributed by atoms with Gasteiger partial charge in [-0.3, -0.25) is 0 Å². The van der Waals surface area contributed by atoms with E-state index in [0.717, 1.165) is 23.2 Å². The van der Waals surface area contributed by atoms with Gasteiger partial charge in [0.25, 0.3) is 0 Å². The monoisotopic (exact) mass is 202 g/mol. The Bertz CT molecular complexity index is 448. The molecular formula is C12H14N2O. The number of hydrogen-bond donors (Lipinski definition) is 1. The molecule has 0 bridgehead atoms. The quantitative estimate of drug-likeness (QED) is 0.829. The van der Waals surface area contributed by atoms with Crippen LogP contribution < -0.4 is 5.73 Å². The Morgan fingerprint density at radius 2 is 2.13 bits per heavy atom. The lowest BCUT2D eigenvalue weighted by Crippen LogP contribution is -2.03. The molecule has 0 saturated carbocycles. The average molecular weight is 202 g/mol. The topological polar surface area (TPSA) is 52.0 Å². The summed E-state index contributed by atoms with van der Waals surface area (Å²) in [7, 11) is 0. The lowest BCUT2D eigenvalue weighted by molar-refractivity contribution is 0.421. The van der Waals surface area contributed by atoms with Crippen LogP contribution in [0.25, 0.3) is 11.3 Å². The molecule has 78 valence electrons. The maximum absolute atomic E-state index is 5.54. The lowest BCUT2D eigenvalue weighted by atomic mass is 10.0. The SMILES string of the molecule is Cc1ccccc1-c1nocc1CCN. The molecule has 0 aliphatic carbocycles. The van der Waals surface area contributed by atoms with Crippen molar-refractivity contribution in [1.29, 1.82) is 0 Å². The average Bonchev–Trinajstić information content (AvgIpc) is 2.67. The Morgan fingerprint density at radius 1 is 1.33 bits per heavy atom. The van der Waals surface area contributed by atoms with E-state index in [4.69, 9.17) is 10.3 Å². The normalized spacial score (nSPS) is 10.5. The highest BCUT2D eigenvalue weighted by Crippen LogP contribution is 2.25. The maximum Gasteiger partial charge on any atom is 0.127 e. The predicted molar refractivity (Wildman–Crippen MR) is 59.4 cm³/mol. The highest BCUT2D eigenvalue weighted by molar-refractivity contribution is 5.65. The standard InChI is InChI=1S/C12H14N2O/c1-9-4-2-3-5-11(9)12-10(6-7-13)8-15-14-12/h2-5,8H,6-7,13H2,1H3. The van der Waals surface area contributed by atoms with Crippen molar-refractivity contribution in [3.05, 3.63) is 41.7 Å². The van der Waals surface area contributed by atoms with Crippen LogP contribution in [0.3, 0.4) is 0 Å². The zero-order valence-corrected chi connectivity index (χ0v) is 8.73. The van der Waals surface area contributed by atoms with Crippen LogP contribution >= 0.6 is 0 Å². The zero-order valence-electron chi connectivity index (χ0n) is 8.73. The third kappa shape index (κ3) is 1.92. The molecule has 0 fully saturated rings. The van der Waals surface area contributed by atoms with Gasteiger partial charge in [0.2, 0.25) is 0 Å². The summed E-state index contributed by atoms with van der Waals surface area (Å²) in [6, 6.07) is 8.13. The first-order valence-electron chi connectivity index (χ1n) is 5.02. The van der Waals surface area contributed by atoms with Gasteiger partial charge in [-0.15, -0.1) is 0 Å². The fourth-order valence-corrected chi connectivity index (χ4v) is 1.65. The van der Waals surface area contributed by atoms with E-state index in [1.165, 1.54) is 5.56 Å². The molecule has 2 rings (SSSR count). The summed E-state index contributed by atoms with van der Waals surface area (Å²) in [5.74, 6) is 0. The summed E-state index contributed by atoms with van der Waals surface area (Å²) in [5, 5.41) is 4.04. The largest absolute Gasteiger partial charge is 0.364 e. The molecule has 0 amide bonds. The first-order chi connectivity index (χ1) is 7.33. The third-order valence-corrected chi connectivity index (χ3v) is 2.46. The highest BCUT2D eigenvalue weighted by atomic mass is 16.5. The number of hydrogen-bond acceptors (Lipinski definition) is 3. The lowest BCUT2D eigenvalue weighted by Gasteiger charge is -2.03. The van der Waals surface area contributed by atoms with Gasteiger partial charge in [0.05, 0.1) is 0 Å². The Hall–Kier alpha value is -1.61. The Balaban J connectivity index is 2.45. The van der Waals surface area contributed by atoms with Gasteiger partial charge in [-0.2, -0.15) is 0 Å². The third-order valence-electron chi connectivity index (χ3n) is 2.46. The van der Waals surface area contributed by atoms with Gasteiger partial charge in [-0.05, 0) is 25.5 Å². The fourth-order valence-electron chi connectivity index (χ4n) is 1.65. The number of aryl methyl sites for hydroxylation is 1. The van der Waals surface area contributed by atoms with Gasteiger partial charge in [-0.25, -0.2) is 0 Å². The Labute approximate surface area is 88.9 Å². The fraction of sp³-hybridized carbons (Fsp3) is 0.250. The number of aromatic nitrogens is 1. The number of benzene rings is 1. The number of nitrogens with two attached hydrogens (primary N) is 1. The summed E-state index contributed by atoms with van der Waals surface area (Å²) < 4.78 is 5.00. The summed E-state index contributed by atoms with van der Waals surface area (Å²) in [4.78, 5) is 0. The number of rotatable bonds is 3. The van der Waals surface area contributed by atoms with Crippen LogP contribution in [-0.4, -0.2) is 11.7 Å². The molecule has 0 unspecified atom stereocenters. The van der Waals surface area contributed by atoms with Crippen LogP contribution in [0.4, 0.5) is 0 Å². The summed E-state index contributed by atoms with van der Waals surface area (Å²) in [6.07, 6.45) is 2.47. The molecule has 15 heavy (non-hydrogen) atoms. The zero-order chi connectivity index (χ0) is 10.7. The van der Waals surface area contributed by atoms with E-state index >= 15 is 0 Å². The van der Waals surface area contributed by atoms with Gasteiger partial charge < -0.3 is 10.3 Å². The van der Waals surface area contributed by atoms with Gasteiger partial charge in [0, 0.05) is 11.1 Å². The van der Waals surface area contributed by atoms with Crippen LogP contribution in [0.5, 0.6) is 0 Å². The smallest absolute Gasteiger partial charge is 0.127 e. The van der Waals surface area contributed by atoms with Crippen molar-refractivity contribution >= 4 is 0 Å². The van der Waals surface area contributed by atoms with Crippen LogP contribution in [-0.2, 0) is 6.42 Å². The van der Waals surface area contributed by atoms with Gasteiger partial charge in [0.15, 0.2) is 0 Å². The molecule has 3 nitrogen and oxygen atoms in total. The molecule has 2 N–H and O–H groups in total. The molecule has 2 aromatic rings.